The van der Waals surface area contributed by atoms with Gasteiger partial charge in [0, 0.05) is 12.8 Å². The molecule has 2 atom stereocenters. The van der Waals surface area contributed by atoms with Gasteiger partial charge in [-0.3, -0.25) is 9.59 Å². The molecule has 0 bridgehead atoms. The Hall–Kier alpha value is -0.570. The van der Waals surface area contributed by atoms with E-state index in [-0.39, 0.29) is 20.1 Å². The van der Waals surface area contributed by atoms with Gasteiger partial charge in [0.25, 0.3) is 0 Å². The number of ketones is 1. The number of Topliss-reactive ketones (excluding diaryl/α,β-unsaturated/α-hetero) is 1. The zero-order valence-electron chi connectivity index (χ0n) is 30.4. The third-order valence-electron chi connectivity index (χ3n) is 8.58. The van der Waals surface area contributed by atoms with Crippen molar-refractivity contribution in [2.24, 2.45) is 0 Å². The van der Waals surface area contributed by atoms with E-state index >= 15 is 0 Å². The molecule has 5 heteroatoms. The number of rotatable bonds is 35. The number of quaternary nitrogens is 1. The highest BCUT2D eigenvalue weighted by atomic mass is 31.1. The summed E-state index contributed by atoms with van der Waals surface area (Å²) in [4.78, 5) is 25.5. The first kappa shape index (κ1) is 43.4. The largest absolute Gasteiger partial charge is 0.338 e. The topological polar surface area (TPSA) is 43.4 Å². The van der Waals surface area contributed by atoms with Crippen molar-refractivity contribution < 1.29 is 18.6 Å². The lowest BCUT2D eigenvalue weighted by molar-refractivity contribution is -0.872. The lowest BCUT2D eigenvalue weighted by Crippen LogP contribution is -2.44. The van der Waals surface area contributed by atoms with Gasteiger partial charge in [0.15, 0.2) is 17.4 Å². The number of hydrogen-bond acceptors (Lipinski definition) is 3. The van der Waals surface area contributed by atoms with E-state index in [1.54, 1.807) is 0 Å². The van der Waals surface area contributed by atoms with Crippen LogP contribution in [-0.2, 0) is 14.1 Å². The van der Waals surface area contributed by atoms with E-state index in [1.165, 1.54) is 141 Å². The number of carbonyl (C=O) groups is 2. The fourth-order valence-electron chi connectivity index (χ4n) is 5.72. The van der Waals surface area contributed by atoms with Gasteiger partial charge < -0.3 is 9.01 Å². The summed E-state index contributed by atoms with van der Waals surface area (Å²) < 4.78 is 6.65. The Morgan fingerprint density at radius 2 is 0.909 bits per heavy atom. The summed E-state index contributed by atoms with van der Waals surface area (Å²) in [5.41, 5.74) is 0.169. The minimum Gasteiger partial charge on any atom is -0.338 e. The highest BCUT2D eigenvalue weighted by molar-refractivity contribution is 7.53. The Balaban J connectivity index is 3.89. The quantitative estimate of drug-likeness (QED) is 0.0300. The SMILES string of the molecule is CCCCCCCCC=CCCCCCCCC(=O)POC(C[N+](C)(C)C)C(=O)CCCCCCCCCCCCCCC. The van der Waals surface area contributed by atoms with Crippen LogP contribution in [0.1, 0.15) is 194 Å². The summed E-state index contributed by atoms with van der Waals surface area (Å²) in [6.07, 6.45) is 38.8. The van der Waals surface area contributed by atoms with Crippen LogP contribution in [0, 0.1) is 0 Å². The van der Waals surface area contributed by atoms with Gasteiger partial charge in [-0.1, -0.05) is 154 Å². The van der Waals surface area contributed by atoms with E-state index in [0.29, 0.717) is 23.9 Å². The summed E-state index contributed by atoms with van der Waals surface area (Å²) in [6.45, 7) is 5.18. The average Bonchev–Trinajstić information content (AvgIpc) is 2.98. The fraction of sp³-hybridized carbons (Fsp3) is 0.897. The molecule has 0 radical (unpaired) electrons. The number of unbranched alkanes of at least 4 members (excludes halogenated alkanes) is 23. The molecule has 0 heterocycles. The predicted molar refractivity (Wildman–Crippen MR) is 196 cm³/mol. The van der Waals surface area contributed by atoms with E-state index < -0.39 is 6.10 Å². The maximum Gasteiger partial charge on any atom is 0.178 e. The van der Waals surface area contributed by atoms with Gasteiger partial charge in [0.1, 0.15) is 6.54 Å². The molecule has 4 nitrogen and oxygen atoms in total. The van der Waals surface area contributed by atoms with Crippen LogP contribution in [0.2, 0.25) is 0 Å². The van der Waals surface area contributed by atoms with Crippen molar-refractivity contribution >= 4 is 20.1 Å². The molecule has 0 aromatic rings. The molecular formula is C39H77NO3P+. The summed E-state index contributed by atoms with van der Waals surface area (Å²) in [6, 6.07) is 0. The molecular weight excluding hydrogens is 561 g/mol. The molecule has 0 amide bonds. The molecule has 2 unspecified atom stereocenters. The summed E-state index contributed by atoms with van der Waals surface area (Å²) in [5, 5.41) is 0. The minimum atomic E-state index is -0.455. The summed E-state index contributed by atoms with van der Waals surface area (Å²) in [5.74, 6) is 0.183. The molecule has 0 aromatic heterocycles. The van der Waals surface area contributed by atoms with Crippen molar-refractivity contribution in [3.63, 3.8) is 0 Å². The zero-order chi connectivity index (χ0) is 32.6. The van der Waals surface area contributed by atoms with Crippen LogP contribution in [0.5, 0.6) is 0 Å². The first-order chi connectivity index (χ1) is 21.3. The highest BCUT2D eigenvalue weighted by Gasteiger charge is 2.26. The second-order valence-electron chi connectivity index (χ2n) is 14.4. The van der Waals surface area contributed by atoms with Gasteiger partial charge in [-0.15, -0.1) is 0 Å². The normalized spacial score (nSPS) is 13.0. The third-order valence-corrected chi connectivity index (χ3v) is 9.46. The van der Waals surface area contributed by atoms with E-state index in [0.717, 1.165) is 25.7 Å². The Morgan fingerprint density at radius 1 is 0.545 bits per heavy atom. The summed E-state index contributed by atoms with van der Waals surface area (Å²) >= 11 is 0. The van der Waals surface area contributed by atoms with Crippen molar-refractivity contribution in [2.75, 3.05) is 27.7 Å². The Bertz CT molecular complexity index is 673. The molecule has 0 rings (SSSR count). The molecule has 0 N–H and O–H groups in total. The monoisotopic (exact) mass is 639 g/mol. The van der Waals surface area contributed by atoms with Crippen LogP contribution >= 0.6 is 8.81 Å². The maximum absolute atomic E-state index is 13.0. The molecule has 0 saturated carbocycles. The van der Waals surface area contributed by atoms with Crippen molar-refractivity contribution in [1.82, 2.24) is 0 Å². The van der Waals surface area contributed by atoms with Crippen LogP contribution in [0.15, 0.2) is 12.2 Å². The van der Waals surface area contributed by atoms with Gasteiger partial charge in [0.05, 0.1) is 30.0 Å². The van der Waals surface area contributed by atoms with Crippen molar-refractivity contribution in [3.8, 4) is 0 Å². The molecule has 0 aliphatic carbocycles. The number of hydrogen-bond donors (Lipinski definition) is 0. The van der Waals surface area contributed by atoms with Gasteiger partial charge in [-0.05, 0) is 38.5 Å². The average molecular weight is 639 g/mol. The fourth-order valence-corrected chi connectivity index (χ4v) is 6.48. The highest BCUT2D eigenvalue weighted by Crippen LogP contribution is 2.23. The number of likely N-dealkylation sites (N-methyl/N-ethyl adjacent to an activating group) is 1. The first-order valence-corrected chi connectivity index (χ1v) is 20.1. The van der Waals surface area contributed by atoms with Gasteiger partial charge in [-0.25, -0.2) is 0 Å². The molecule has 0 aromatic carbocycles. The second kappa shape index (κ2) is 32.4. The molecule has 0 aliphatic rings. The van der Waals surface area contributed by atoms with Gasteiger partial charge in [0.2, 0.25) is 0 Å². The second-order valence-corrected chi connectivity index (χ2v) is 15.4. The first-order valence-electron chi connectivity index (χ1n) is 19.2. The number of nitrogens with zero attached hydrogens (tertiary/aromatic N) is 1. The standard InChI is InChI=1S/C39H77NO3P/c1-6-8-10-12-14-16-18-20-21-23-25-27-29-31-33-35-39(42)44-43-38(36-40(3,4)5)37(41)34-32-30-28-26-24-22-19-17-15-13-11-9-7-2/h20-21,38,44H,6-19,22-36H2,1-5H3/q+1. The van der Waals surface area contributed by atoms with Crippen LogP contribution in [0.4, 0.5) is 0 Å². The van der Waals surface area contributed by atoms with Crippen LogP contribution in [-0.4, -0.2) is 49.6 Å². The molecule has 44 heavy (non-hydrogen) atoms. The Kier molecular flexibility index (Phi) is 32.0. The van der Waals surface area contributed by atoms with Crippen molar-refractivity contribution in [1.29, 1.82) is 0 Å². The molecule has 0 fully saturated rings. The smallest absolute Gasteiger partial charge is 0.178 e. The van der Waals surface area contributed by atoms with E-state index in [2.05, 4.69) is 47.1 Å². The zero-order valence-corrected chi connectivity index (χ0v) is 31.4. The molecule has 0 spiro atoms. The van der Waals surface area contributed by atoms with Crippen molar-refractivity contribution in [2.45, 2.75) is 200 Å². The van der Waals surface area contributed by atoms with Crippen LogP contribution < -0.4 is 0 Å². The predicted octanol–water partition coefficient (Wildman–Crippen LogP) is 12.3. The number of carbonyl (C=O) groups excluding carboxylic acids is 2. The number of allylic oxidation sites excluding steroid dienone is 2. The van der Waals surface area contributed by atoms with Gasteiger partial charge in [-0.2, -0.15) is 0 Å². The Morgan fingerprint density at radius 3 is 1.32 bits per heavy atom. The van der Waals surface area contributed by atoms with Crippen molar-refractivity contribution in [3.05, 3.63) is 12.2 Å². The molecule has 260 valence electrons. The molecule has 0 aliphatic heterocycles. The summed E-state index contributed by atoms with van der Waals surface area (Å²) in [7, 11) is 6.07. The Labute approximate surface area is 277 Å². The van der Waals surface area contributed by atoms with E-state index in [9.17, 15) is 9.59 Å². The van der Waals surface area contributed by atoms with Crippen LogP contribution in [0.25, 0.3) is 0 Å². The lowest BCUT2D eigenvalue weighted by Gasteiger charge is -2.28. The third kappa shape index (κ3) is 32.8. The lowest BCUT2D eigenvalue weighted by atomic mass is 10.0. The maximum atomic E-state index is 13.0. The van der Waals surface area contributed by atoms with E-state index in [1.807, 2.05) is 0 Å². The molecule has 0 saturated heterocycles. The van der Waals surface area contributed by atoms with E-state index in [4.69, 9.17) is 4.52 Å². The minimum absolute atomic E-state index is 0.169. The van der Waals surface area contributed by atoms with Crippen LogP contribution in [0.3, 0.4) is 0 Å². The van der Waals surface area contributed by atoms with Gasteiger partial charge >= 0.3 is 0 Å².